The first-order valence-corrected chi connectivity index (χ1v) is 7.67. The van der Waals surface area contributed by atoms with Crippen molar-refractivity contribution in [2.75, 3.05) is 19.6 Å². The van der Waals surface area contributed by atoms with Crippen LogP contribution in [0.2, 0.25) is 5.02 Å². The van der Waals surface area contributed by atoms with Crippen molar-refractivity contribution < 1.29 is 9.53 Å². The number of halogens is 1. The maximum atomic E-state index is 12.1. The number of nitrogens with one attached hydrogen (secondary N) is 1. The van der Waals surface area contributed by atoms with Crippen LogP contribution in [0.5, 0.6) is 0 Å². The van der Waals surface area contributed by atoms with Gasteiger partial charge in [0.15, 0.2) is 0 Å². The zero-order valence-corrected chi connectivity index (χ0v) is 13.6. The smallest absolute Gasteiger partial charge is 0.410 e. The first-order valence-electron chi connectivity index (χ1n) is 7.29. The van der Waals surface area contributed by atoms with Crippen LogP contribution in [0.4, 0.5) is 4.79 Å². The Morgan fingerprint density at radius 2 is 2.05 bits per heavy atom. The average molecular weight is 311 g/mol. The van der Waals surface area contributed by atoms with E-state index in [0.717, 1.165) is 18.0 Å². The molecule has 1 N–H and O–H groups in total. The molecule has 0 spiro atoms. The fraction of sp³-hybridized carbons (Fsp3) is 0.562. The molecule has 1 heterocycles. The summed E-state index contributed by atoms with van der Waals surface area (Å²) in [5.74, 6) is 0. The minimum Gasteiger partial charge on any atom is -0.444 e. The van der Waals surface area contributed by atoms with Gasteiger partial charge in [0.1, 0.15) is 5.60 Å². The highest BCUT2D eigenvalue weighted by atomic mass is 35.5. The van der Waals surface area contributed by atoms with Crippen molar-refractivity contribution >= 4 is 17.7 Å². The second-order valence-corrected chi connectivity index (χ2v) is 6.84. The molecule has 1 saturated heterocycles. The van der Waals surface area contributed by atoms with Crippen LogP contribution in [0.25, 0.3) is 0 Å². The summed E-state index contributed by atoms with van der Waals surface area (Å²) in [5.41, 5.74) is 0.760. The van der Waals surface area contributed by atoms with Gasteiger partial charge in [-0.05, 0) is 44.9 Å². The van der Waals surface area contributed by atoms with Crippen LogP contribution in [0, 0.1) is 0 Å². The third kappa shape index (κ3) is 5.21. The molecule has 0 radical (unpaired) electrons. The second kappa shape index (κ2) is 6.67. The van der Waals surface area contributed by atoms with E-state index in [1.54, 1.807) is 4.90 Å². The third-order valence-electron chi connectivity index (χ3n) is 3.30. The number of amides is 1. The molecule has 1 aliphatic rings. The quantitative estimate of drug-likeness (QED) is 0.912. The van der Waals surface area contributed by atoms with Gasteiger partial charge in [0, 0.05) is 30.7 Å². The fourth-order valence-corrected chi connectivity index (χ4v) is 2.49. The summed E-state index contributed by atoms with van der Waals surface area (Å²) in [4.78, 5) is 13.9. The van der Waals surface area contributed by atoms with Crippen LogP contribution in [0.3, 0.4) is 0 Å². The van der Waals surface area contributed by atoms with E-state index in [-0.39, 0.29) is 12.1 Å². The van der Waals surface area contributed by atoms with Gasteiger partial charge in [-0.3, -0.25) is 0 Å². The van der Waals surface area contributed by atoms with Crippen LogP contribution in [0.1, 0.15) is 26.3 Å². The number of carbonyl (C=O) groups is 1. The van der Waals surface area contributed by atoms with E-state index in [2.05, 4.69) is 5.32 Å². The lowest BCUT2D eigenvalue weighted by atomic mass is 10.0. The summed E-state index contributed by atoms with van der Waals surface area (Å²) in [7, 11) is 0. The van der Waals surface area contributed by atoms with E-state index in [9.17, 15) is 4.79 Å². The number of rotatable bonds is 2. The van der Waals surface area contributed by atoms with Crippen LogP contribution >= 0.6 is 11.6 Å². The summed E-state index contributed by atoms with van der Waals surface area (Å²) in [5, 5.41) is 4.19. The van der Waals surface area contributed by atoms with Crippen LogP contribution < -0.4 is 5.32 Å². The molecule has 5 heteroatoms. The lowest BCUT2D eigenvalue weighted by molar-refractivity contribution is 0.0195. The fourth-order valence-electron chi connectivity index (χ4n) is 2.36. The summed E-state index contributed by atoms with van der Waals surface area (Å²) in [6.07, 6.45) is 0.640. The summed E-state index contributed by atoms with van der Waals surface area (Å²) in [6, 6.07) is 8.08. The molecule has 21 heavy (non-hydrogen) atoms. The van der Waals surface area contributed by atoms with Crippen molar-refractivity contribution in [1.82, 2.24) is 10.2 Å². The maximum Gasteiger partial charge on any atom is 0.410 e. The van der Waals surface area contributed by atoms with Crippen molar-refractivity contribution in [3.63, 3.8) is 0 Å². The molecule has 4 nitrogen and oxygen atoms in total. The predicted molar refractivity (Wildman–Crippen MR) is 84.8 cm³/mol. The molecule has 1 aliphatic heterocycles. The highest BCUT2D eigenvalue weighted by Gasteiger charge is 2.27. The third-order valence-corrected chi connectivity index (χ3v) is 3.55. The number of hydrogen-bond donors (Lipinski definition) is 1. The predicted octanol–water partition coefficient (Wildman–Crippen LogP) is 3.09. The summed E-state index contributed by atoms with van der Waals surface area (Å²) >= 11 is 5.90. The lowest BCUT2D eigenvalue weighted by Crippen LogP contribution is -2.54. The minimum absolute atomic E-state index is 0.231. The van der Waals surface area contributed by atoms with Gasteiger partial charge in [-0.2, -0.15) is 0 Å². The molecule has 1 fully saturated rings. The molecule has 0 bridgehead atoms. The molecular formula is C16H23ClN2O2. The number of hydrogen-bond acceptors (Lipinski definition) is 3. The van der Waals surface area contributed by atoms with E-state index in [1.807, 2.05) is 45.0 Å². The van der Waals surface area contributed by atoms with Gasteiger partial charge < -0.3 is 15.0 Å². The molecule has 0 aliphatic carbocycles. The molecule has 1 atom stereocenters. The SMILES string of the molecule is CC(C)(C)OC(=O)N1CCN[C@@H](Cc2ccc(Cl)cc2)C1. The normalized spacial score (nSPS) is 19.4. The Labute approximate surface area is 131 Å². The van der Waals surface area contributed by atoms with Crippen LogP contribution in [-0.4, -0.2) is 42.3 Å². The number of benzene rings is 1. The highest BCUT2D eigenvalue weighted by Crippen LogP contribution is 2.15. The highest BCUT2D eigenvalue weighted by molar-refractivity contribution is 6.30. The second-order valence-electron chi connectivity index (χ2n) is 6.41. The van der Waals surface area contributed by atoms with Crippen molar-refractivity contribution in [1.29, 1.82) is 0 Å². The van der Waals surface area contributed by atoms with E-state index in [1.165, 1.54) is 5.56 Å². The van der Waals surface area contributed by atoms with E-state index in [0.29, 0.717) is 13.1 Å². The van der Waals surface area contributed by atoms with Gasteiger partial charge in [0.2, 0.25) is 0 Å². The Bertz CT molecular complexity index is 482. The first kappa shape index (κ1) is 16.1. The Morgan fingerprint density at radius 1 is 1.38 bits per heavy atom. The Balaban J connectivity index is 1.91. The first-order chi connectivity index (χ1) is 9.83. The minimum atomic E-state index is -0.451. The molecule has 0 unspecified atom stereocenters. The molecule has 116 valence electrons. The lowest BCUT2D eigenvalue weighted by Gasteiger charge is -2.35. The summed E-state index contributed by atoms with van der Waals surface area (Å²) < 4.78 is 5.43. The van der Waals surface area contributed by atoms with Gasteiger partial charge >= 0.3 is 6.09 Å². The average Bonchev–Trinajstić information content (AvgIpc) is 2.40. The van der Waals surface area contributed by atoms with E-state index >= 15 is 0 Å². The zero-order chi connectivity index (χ0) is 15.5. The topological polar surface area (TPSA) is 41.6 Å². The summed E-state index contributed by atoms with van der Waals surface area (Å²) in [6.45, 7) is 7.80. The molecule has 0 saturated carbocycles. The standard InChI is InChI=1S/C16H23ClN2O2/c1-16(2,3)21-15(20)19-9-8-18-14(11-19)10-12-4-6-13(17)7-5-12/h4-7,14,18H,8-11H2,1-3H3/t14-/m0/s1. The number of piperazine rings is 1. The molecule has 2 rings (SSSR count). The van der Waals surface area contributed by atoms with Crippen LogP contribution in [-0.2, 0) is 11.2 Å². The van der Waals surface area contributed by atoms with Gasteiger partial charge in [-0.1, -0.05) is 23.7 Å². The molecule has 1 aromatic carbocycles. The van der Waals surface area contributed by atoms with Gasteiger partial charge in [-0.15, -0.1) is 0 Å². The number of nitrogens with zero attached hydrogens (tertiary/aromatic N) is 1. The van der Waals surface area contributed by atoms with Gasteiger partial charge in [0.05, 0.1) is 0 Å². The Kier molecular flexibility index (Phi) is 5.12. The zero-order valence-electron chi connectivity index (χ0n) is 12.9. The largest absolute Gasteiger partial charge is 0.444 e. The Morgan fingerprint density at radius 3 is 2.67 bits per heavy atom. The van der Waals surface area contributed by atoms with Crippen molar-refractivity contribution in [3.05, 3.63) is 34.9 Å². The Hall–Kier alpha value is -1.26. The van der Waals surface area contributed by atoms with Crippen molar-refractivity contribution in [2.45, 2.75) is 38.8 Å². The van der Waals surface area contributed by atoms with E-state index < -0.39 is 5.60 Å². The van der Waals surface area contributed by atoms with E-state index in [4.69, 9.17) is 16.3 Å². The monoisotopic (exact) mass is 310 g/mol. The van der Waals surface area contributed by atoms with Crippen molar-refractivity contribution in [3.8, 4) is 0 Å². The maximum absolute atomic E-state index is 12.1. The van der Waals surface area contributed by atoms with Crippen LogP contribution in [0.15, 0.2) is 24.3 Å². The molecule has 1 amide bonds. The van der Waals surface area contributed by atoms with Gasteiger partial charge in [-0.25, -0.2) is 4.79 Å². The number of ether oxygens (including phenoxy) is 1. The molecule has 1 aromatic rings. The number of carbonyl (C=O) groups excluding carboxylic acids is 1. The molecule has 0 aromatic heterocycles. The van der Waals surface area contributed by atoms with Gasteiger partial charge in [0.25, 0.3) is 0 Å². The molecular weight excluding hydrogens is 288 g/mol. The van der Waals surface area contributed by atoms with Crippen molar-refractivity contribution in [2.24, 2.45) is 0 Å².